The van der Waals surface area contributed by atoms with Gasteiger partial charge in [0.05, 0.1) is 19.2 Å². The second-order valence-electron chi connectivity index (χ2n) is 5.37. The molecule has 6 nitrogen and oxygen atoms in total. The van der Waals surface area contributed by atoms with Crippen LogP contribution in [0.4, 0.5) is 4.39 Å². The Kier molecular flexibility index (Phi) is 5.92. The highest BCUT2D eigenvalue weighted by molar-refractivity contribution is 5.97. The number of amides is 2. The van der Waals surface area contributed by atoms with Crippen LogP contribution in [0, 0.1) is 5.82 Å². The van der Waals surface area contributed by atoms with Gasteiger partial charge in [0.2, 0.25) is 5.91 Å². The van der Waals surface area contributed by atoms with E-state index < -0.39 is 5.82 Å². The summed E-state index contributed by atoms with van der Waals surface area (Å²) >= 11 is 0. The smallest absolute Gasteiger partial charge is 0.257 e. The Morgan fingerprint density at radius 2 is 1.96 bits per heavy atom. The van der Waals surface area contributed by atoms with Crippen LogP contribution >= 0.6 is 0 Å². The molecule has 1 N–H and O–H groups in total. The predicted octanol–water partition coefficient (Wildman–Crippen LogP) is 0.728. The molecule has 2 rings (SSSR count). The molecule has 0 spiro atoms. The molecule has 126 valence electrons. The maximum Gasteiger partial charge on any atom is 0.257 e. The zero-order valence-corrected chi connectivity index (χ0v) is 13.5. The van der Waals surface area contributed by atoms with Gasteiger partial charge in [-0.1, -0.05) is 0 Å². The Morgan fingerprint density at radius 1 is 1.26 bits per heavy atom. The van der Waals surface area contributed by atoms with Crippen molar-refractivity contribution in [3.8, 4) is 5.75 Å². The highest BCUT2D eigenvalue weighted by Gasteiger charge is 2.25. The van der Waals surface area contributed by atoms with E-state index in [-0.39, 0.29) is 17.4 Å². The molecule has 1 aromatic carbocycles. The van der Waals surface area contributed by atoms with E-state index in [1.165, 1.54) is 25.3 Å². The number of likely N-dealkylation sites (N-methyl/N-ethyl adjacent to an activating group) is 1. The maximum atomic E-state index is 13.4. The average molecular weight is 323 g/mol. The molecule has 2 amide bonds. The molecule has 0 radical (unpaired) electrons. The number of nitrogens with zero attached hydrogens (tertiary/aromatic N) is 2. The Morgan fingerprint density at radius 3 is 2.57 bits per heavy atom. The van der Waals surface area contributed by atoms with Crippen LogP contribution in [0.3, 0.4) is 0 Å². The molecular weight excluding hydrogens is 301 g/mol. The first-order valence-corrected chi connectivity index (χ1v) is 7.67. The number of piperazine rings is 1. The summed E-state index contributed by atoms with van der Waals surface area (Å²) < 4.78 is 18.5. The van der Waals surface area contributed by atoms with Gasteiger partial charge in [0, 0.05) is 32.7 Å². The molecule has 0 atom stereocenters. The number of methoxy groups -OCH3 is 1. The van der Waals surface area contributed by atoms with E-state index in [0.29, 0.717) is 45.0 Å². The van der Waals surface area contributed by atoms with Crippen LogP contribution in [-0.4, -0.2) is 68.0 Å². The summed E-state index contributed by atoms with van der Waals surface area (Å²) in [4.78, 5) is 27.8. The second-order valence-corrected chi connectivity index (χ2v) is 5.37. The summed E-state index contributed by atoms with van der Waals surface area (Å²) in [7, 11) is 1.45. The first-order chi connectivity index (χ1) is 11.0. The second kappa shape index (κ2) is 7.92. The van der Waals surface area contributed by atoms with E-state index >= 15 is 0 Å². The number of carbonyl (C=O) groups is 2. The van der Waals surface area contributed by atoms with Crippen molar-refractivity contribution < 1.29 is 18.7 Å². The van der Waals surface area contributed by atoms with Crippen LogP contribution in [0.5, 0.6) is 5.75 Å². The molecule has 1 aliphatic rings. The molecule has 0 unspecified atom stereocenters. The van der Waals surface area contributed by atoms with Crippen molar-refractivity contribution in [2.24, 2.45) is 0 Å². The third-order valence-corrected chi connectivity index (χ3v) is 3.79. The van der Waals surface area contributed by atoms with Crippen LogP contribution < -0.4 is 10.1 Å². The third kappa shape index (κ3) is 4.41. The summed E-state index contributed by atoms with van der Waals surface area (Å²) in [5.41, 5.74) is 0.227. The van der Waals surface area contributed by atoms with E-state index in [2.05, 4.69) is 5.32 Å². The first-order valence-electron chi connectivity index (χ1n) is 7.67. The van der Waals surface area contributed by atoms with Crippen LogP contribution in [0.25, 0.3) is 0 Å². The molecule has 1 fully saturated rings. The number of hydrogen-bond acceptors (Lipinski definition) is 4. The summed E-state index contributed by atoms with van der Waals surface area (Å²) in [5, 5.41) is 2.75. The van der Waals surface area contributed by atoms with Crippen LogP contribution in [0.1, 0.15) is 17.3 Å². The van der Waals surface area contributed by atoms with Crippen molar-refractivity contribution in [2.75, 3.05) is 46.4 Å². The number of ether oxygens (including phenoxy) is 1. The first kappa shape index (κ1) is 17.2. The lowest BCUT2D eigenvalue weighted by Gasteiger charge is -2.34. The fourth-order valence-electron chi connectivity index (χ4n) is 2.58. The minimum Gasteiger partial charge on any atom is -0.496 e. The highest BCUT2D eigenvalue weighted by atomic mass is 19.1. The normalized spacial score (nSPS) is 15.3. The number of carbonyl (C=O) groups excluding carboxylic acids is 2. The number of hydrogen-bond donors (Lipinski definition) is 1. The maximum absolute atomic E-state index is 13.4. The summed E-state index contributed by atoms with van der Waals surface area (Å²) in [6.45, 7) is 5.04. The molecule has 23 heavy (non-hydrogen) atoms. The van der Waals surface area contributed by atoms with Crippen molar-refractivity contribution >= 4 is 11.8 Å². The molecule has 1 heterocycles. The SMILES string of the molecule is CCNC(=O)CN1CCN(C(=O)c2cc(F)ccc2OC)CC1. The monoisotopic (exact) mass is 323 g/mol. The van der Waals surface area contributed by atoms with Gasteiger partial charge in [-0.3, -0.25) is 14.5 Å². The van der Waals surface area contributed by atoms with E-state index in [4.69, 9.17) is 4.74 Å². The fraction of sp³-hybridized carbons (Fsp3) is 0.500. The van der Waals surface area contributed by atoms with Gasteiger partial charge in [-0.2, -0.15) is 0 Å². The molecule has 1 aliphatic heterocycles. The molecule has 0 aromatic heterocycles. The molecule has 0 saturated carbocycles. The fourth-order valence-corrected chi connectivity index (χ4v) is 2.58. The lowest BCUT2D eigenvalue weighted by atomic mass is 10.1. The number of rotatable bonds is 5. The summed E-state index contributed by atoms with van der Waals surface area (Å²) in [5.74, 6) is -0.372. The average Bonchev–Trinajstić information content (AvgIpc) is 2.55. The van der Waals surface area contributed by atoms with Crippen molar-refractivity contribution in [1.29, 1.82) is 0 Å². The lowest BCUT2D eigenvalue weighted by Crippen LogP contribution is -2.51. The standard InChI is InChI=1S/C16H22FN3O3/c1-3-18-15(21)11-19-6-8-20(9-7-19)16(22)13-10-12(17)4-5-14(13)23-2/h4-5,10H,3,6-9,11H2,1-2H3,(H,18,21). The van der Waals surface area contributed by atoms with E-state index in [1.54, 1.807) is 4.90 Å². The van der Waals surface area contributed by atoms with Gasteiger partial charge in [-0.05, 0) is 25.1 Å². The molecule has 0 bridgehead atoms. The Bertz CT molecular complexity index is 572. The van der Waals surface area contributed by atoms with Crippen molar-refractivity contribution in [1.82, 2.24) is 15.1 Å². The highest BCUT2D eigenvalue weighted by Crippen LogP contribution is 2.21. The Labute approximate surface area is 135 Å². The van der Waals surface area contributed by atoms with E-state index in [0.717, 1.165) is 0 Å². The van der Waals surface area contributed by atoms with Crippen molar-refractivity contribution in [3.63, 3.8) is 0 Å². The van der Waals surface area contributed by atoms with Crippen LogP contribution in [0.15, 0.2) is 18.2 Å². The third-order valence-electron chi connectivity index (χ3n) is 3.79. The zero-order chi connectivity index (χ0) is 16.8. The van der Waals surface area contributed by atoms with Crippen molar-refractivity contribution in [3.05, 3.63) is 29.6 Å². The summed E-state index contributed by atoms with van der Waals surface area (Å²) in [6, 6.07) is 3.91. The Balaban J connectivity index is 1.96. The quantitative estimate of drug-likeness (QED) is 0.868. The van der Waals surface area contributed by atoms with Gasteiger partial charge in [0.15, 0.2) is 0 Å². The van der Waals surface area contributed by atoms with Gasteiger partial charge in [-0.25, -0.2) is 4.39 Å². The molecular formula is C16H22FN3O3. The topological polar surface area (TPSA) is 61.9 Å². The summed E-state index contributed by atoms with van der Waals surface area (Å²) in [6.07, 6.45) is 0. The predicted molar refractivity (Wildman–Crippen MR) is 84.0 cm³/mol. The molecule has 1 saturated heterocycles. The molecule has 1 aromatic rings. The minimum absolute atomic E-state index is 0.0147. The van der Waals surface area contributed by atoms with Crippen molar-refractivity contribution in [2.45, 2.75) is 6.92 Å². The Hall–Kier alpha value is -2.15. The number of halogens is 1. The number of nitrogens with one attached hydrogen (secondary N) is 1. The number of benzene rings is 1. The lowest BCUT2D eigenvalue weighted by molar-refractivity contribution is -0.122. The zero-order valence-electron chi connectivity index (χ0n) is 13.5. The van der Waals surface area contributed by atoms with E-state index in [9.17, 15) is 14.0 Å². The van der Waals surface area contributed by atoms with Gasteiger partial charge >= 0.3 is 0 Å². The van der Waals surface area contributed by atoms with Gasteiger partial charge in [-0.15, -0.1) is 0 Å². The molecule has 0 aliphatic carbocycles. The minimum atomic E-state index is -0.468. The van der Waals surface area contributed by atoms with Crippen LogP contribution in [-0.2, 0) is 4.79 Å². The molecule has 7 heteroatoms. The van der Waals surface area contributed by atoms with E-state index in [1.807, 2.05) is 11.8 Å². The van der Waals surface area contributed by atoms with Gasteiger partial charge in [0.1, 0.15) is 11.6 Å². The van der Waals surface area contributed by atoms with Crippen LogP contribution in [0.2, 0.25) is 0 Å². The van der Waals surface area contributed by atoms with Gasteiger partial charge < -0.3 is 15.0 Å². The van der Waals surface area contributed by atoms with Gasteiger partial charge in [0.25, 0.3) is 5.91 Å². The largest absolute Gasteiger partial charge is 0.496 e.